The molecule has 2 nitrogen and oxygen atoms in total. The van der Waals surface area contributed by atoms with Gasteiger partial charge < -0.3 is 10.6 Å². The van der Waals surface area contributed by atoms with E-state index in [4.69, 9.17) is 5.73 Å². The van der Waals surface area contributed by atoms with Crippen LogP contribution in [0.2, 0.25) is 0 Å². The topological polar surface area (TPSA) is 29.3 Å². The van der Waals surface area contributed by atoms with Crippen LogP contribution in [0.25, 0.3) is 0 Å². The van der Waals surface area contributed by atoms with Crippen LogP contribution in [-0.4, -0.2) is 25.5 Å². The highest BCUT2D eigenvalue weighted by molar-refractivity contribution is 4.79. The molecule has 0 atom stereocenters. The molecule has 0 heterocycles. The minimum atomic E-state index is 0.623. The Morgan fingerprint density at radius 2 is 2.14 bits per heavy atom. The molecule has 0 fully saturated rings. The van der Waals surface area contributed by atoms with Crippen molar-refractivity contribution in [3.63, 3.8) is 0 Å². The van der Waals surface area contributed by atoms with Crippen LogP contribution in [-0.2, 0) is 0 Å². The normalized spacial score (nSPS) is 10.1. The van der Waals surface area contributed by atoms with Crippen molar-refractivity contribution in [3.05, 3.63) is 12.3 Å². The first-order valence-electron chi connectivity index (χ1n) is 2.30. The van der Waals surface area contributed by atoms with E-state index in [2.05, 4.69) is 0 Å². The van der Waals surface area contributed by atoms with Crippen LogP contribution < -0.4 is 5.73 Å². The van der Waals surface area contributed by atoms with Crippen LogP contribution in [0.1, 0.15) is 0 Å². The lowest BCUT2D eigenvalue weighted by molar-refractivity contribution is 0.562. The van der Waals surface area contributed by atoms with Gasteiger partial charge in [0.2, 0.25) is 0 Å². The van der Waals surface area contributed by atoms with Crippen molar-refractivity contribution in [2.24, 2.45) is 5.73 Å². The lowest BCUT2D eigenvalue weighted by Crippen LogP contribution is -2.02. The van der Waals surface area contributed by atoms with E-state index in [0.29, 0.717) is 6.54 Å². The fourth-order valence-corrected chi connectivity index (χ4v) is 0.272. The Balaban J connectivity index is 3.08. The Bertz CT molecular complexity index is 57.1. The maximum Gasteiger partial charge on any atom is 0.0124 e. The molecule has 0 saturated heterocycles. The van der Waals surface area contributed by atoms with E-state index in [1.807, 2.05) is 31.3 Å². The van der Waals surface area contributed by atoms with Gasteiger partial charge >= 0.3 is 0 Å². The maximum absolute atomic E-state index is 5.16. The average Bonchev–Trinajstić information content (AvgIpc) is 1.61. The van der Waals surface area contributed by atoms with Gasteiger partial charge in [-0.25, -0.2) is 0 Å². The Morgan fingerprint density at radius 1 is 1.57 bits per heavy atom. The highest BCUT2D eigenvalue weighted by atomic mass is 15.0. The van der Waals surface area contributed by atoms with E-state index in [1.165, 1.54) is 0 Å². The van der Waals surface area contributed by atoms with Gasteiger partial charge in [0, 0.05) is 20.6 Å². The molecule has 0 aromatic rings. The summed E-state index contributed by atoms with van der Waals surface area (Å²) < 4.78 is 0. The fraction of sp³-hybridized carbons (Fsp3) is 0.600. The van der Waals surface area contributed by atoms with E-state index in [-0.39, 0.29) is 0 Å². The van der Waals surface area contributed by atoms with Gasteiger partial charge in [-0.1, -0.05) is 6.08 Å². The molecular weight excluding hydrogens is 88.1 g/mol. The van der Waals surface area contributed by atoms with Crippen molar-refractivity contribution in [2.75, 3.05) is 20.6 Å². The minimum Gasteiger partial charge on any atom is -0.384 e. The summed E-state index contributed by atoms with van der Waals surface area (Å²) >= 11 is 0. The van der Waals surface area contributed by atoms with E-state index >= 15 is 0 Å². The molecule has 2 N–H and O–H groups in total. The van der Waals surface area contributed by atoms with Gasteiger partial charge in [0.1, 0.15) is 0 Å². The molecule has 0 rings (SSSR count). The Hall–Kier alpha value is -0.500. The number of rotatable bonds is 2. The summed E-state index contributed by atoms with van der Waals surface area (Å²) in [5.74, 6) is 0. The van der Waals surface area contributed by atoms with Crippen LogP contribution in [0.4, 0.5) is 0 Å². The first-order valence-corrected chi connectivity index (χ1v) is 2.30. The van der Waals surface area contributed by atoms with E-state index in [0.717, 1.165) is 0 Å². The SMILES string of the molecule is CN(C)C=CCN. The summed E-state index contributed by atoms with van der Waals surface area (Å²) in [4.78, 5) is 1.95. The third-order valence-electron chi connectivity index (χ3n) is 0.540. The molecule has 0 aromatic carbocycles. The lowest BCUT2D eigenvalue weighted by atomic mass is 10.6. The zero-order chi connectivity index (χ0) is 5.70. The third-order valence-corrected chi connectivity index (χ3v) is 0.540. The number of nitrogens with two attached hydrogens (primary N) is 1. The summed E-state index contributed by atoms with van der Waals surface area (Å²) in [6.07, 6.45) is 3.83. The van der Waals surface area contributed by atoms with Gasteiger partial charge in [-0.2, -0.15) is 0 Å². The fourth-order valence-electron chi connectivity index (χ4n) is 0.272. The van der Waals surface area contributed by atoms with Crippen molar-refractivity contribution >= 4 is 0 Å². The molecule has 0 amide bonds. The molecule has 0 aliphatic carbocycles. The van der Waals surface area contributed by atoms with Crippen molar-refractivity contribution < 1.29 is 0 Å². The van der Waals surface area contributed by atoms with Crippen LogP contribution in [0.5, 0.6) is 0 Å². The molecule has 42 valence electrons. The second-order valence-corrected chi connectivity index (χ2v) is 1.58. The first-order chi connectivity index (χ1) is 3.27. The summed E-state index contributed by atoms with van der Waals surface area (Å²) in [5.41, 5.74) is 5.16. The van der Waals surface area contributed by atoms with E-state index < -0.39 is 0 Å². The smallest absolute Gasteiger partial charge is 0.0124 e. The number of hydrogen-bond acceptors (Lipinski definition) is 2. The predicted molar refractivity (Wildman–Crippen MR) is 31.9 cm³/mol. The minimum absolute atomic E-state index is 0.623. The van der Waals surface area contributed by atoms with Crippen LogP contribution in [0, 0.1) is 0 Å². The van der Waals surface area contributed by atoms with Gasteiger partial charge in [-0.15, -0.1) is 0 Å². The highest BCUT2D eigenvalue weighted by Gasteiger charge is 1.69. The second-order valence-electron chi connectivity index (χ2n) is 1.58. The Labute approximate surface area is 44.6 Å². The van der Waals surface area contributed by atoms with Crippen LogP contribution >= 0.6 is 0 Å². The largest absolute Gasteiger partial charge is 0.384 e. The highest BCUT2D eigenvalue weighted by Crippen LogP contribution is 1.72. The summed E-state index contributed by atoms with van der Waals surface area (Å²) in [6.45, 7) is 0.623. The van der Waals surface area contributed by atoms with Crippen LogP contribution in [0.3, 0.4) is 0 Å². The van der Waals surface area contributed by atoms with Crippen LogP contribution in [0.15, 0.2) is 12.3 Å². The zero-order valence-electron chi connectivity index (χ0n) is 4.89. The molecule has 0 aliphatic rings. The molecule has 0 spiro atoms. The van der Waals surface area contributed by atoms with Gasteiger partial charge in [-0.05, 0) is 6.20 Å². The molecule has 7 heavy (non-hydrogen) atoms. The third kappa shape index (κ3) is 5.50. The number of hydrogen-bond donors (Lipinski definition) is 1. The van der Waals surface area contributed by atoms with Gasteiger partial charge in [0.15, 0.2) is 0 Å². The maximum atomic E-state index is 5.16. The second kappa shape index (κ2) is 3.68. The van der Waals surface area contributed by atoms with Gasteiger partial charge in [0.25, 0.3) is 0 Å². The Morgan fingerprint density at radius 3 is 2.29 bits per heavy atom. The standard InChI is InChI=1S/C5H12N2/c1-7(2)5-3-4-6/h3,5H,4,6H2,1-2H3. The summed E-state index contributed by atoms with van der Waals surface area (Å²) in [6, 6.07) is 0. The van der Waals surface area contributed by atoms with Gasteiger partial charge in [-0.3, -0.25) is 0 Å². The zero-order valence-corrected chi connectivity index (χ0v) is 4.89. The van der Waals surface area contributed by atoms with Crippen molar-refractivity contribution in [1.82, 2.24) is 4.90 Å². The predicted octanol–water partition coefficient (Wildman–Crippen LogP) is 0.0204. The molecule has 0 radical (unpaired) electrons. The molecule has 0 aromatic heterocycles. The summed E-state index contributed by atoms with van der Waals surface area (Å²) in [7, 11) is 3.93. The van der Waals surface area contributed by atoms with Crippen molar-refractivity contribution in [2.45, 2.75) is 0 Å². The Kier molecular flexibility index (Phi) is 3.42. The molecular formula is C5H12N2. The quantitative estimate of drug-likeness (QED) is 0.530. The molecule has 2 heteroatoms. The summed E-state index contributed by atoms with van der Waals surface area (Å²) in [5, 5.41) is 0. The first kappa shape index (κ1) is 6.50. The molecule has 0 unspecified atom stereocenters. The lowest BCUT2D eigenvalue weighted by Gasteiger charge is -2.00. The monoisotopic (exact) mass is 100 g/mol. The van der Waals surface area contributed by atoms with E-state index in [9.17, 15) is 0 Å². The molecule has 0 bridgehead atoms. The van der Waals surface area contributed by atoms with Crippen molar-refractivity contribution in [1.29, 1.82) is 0 Å². The average molecular weight is 100 g/mol. The number of nitrogens with zero attached hydrogens (tertiary/aromatic N) is 1. The van der Waals surface area contributed by atoms with Gasteiger partial charge in [0.05, 0.1) is 0 Å². The molecule has 0 saturated carbocycles. The van der Waals surface area contributed by atoms with Crippen molar-refractivity contribution in [3.8, 4) is 0 Å². The molecule has 0 aliphatic heterocycles. The van der Waals surface area contributed by atoms with E-state index in [1.54, 1.807) is 0 Å².